The van der Waals surface area contributed by atoms with Crippen LogP contribution in [0.1, 0.15) is 13.8 Å². The van der Waals surface area contributed by atoms with Gasteiger partial charge in [-0.05, 0) is 6.92 Å². The molecule has 0 aromatic heterocycles. The first-order chi connectivity index (χ1) is 8.68. The second kappa shape index (κ2) is 12.6. The van der Waals surface area contributed by atoms with Crippen molar-refractivity contribution >= 4 is 11.5 Å². The molecule has 6 nitrogen and oxygen atoms in total. The van der Waals surface area contributed by atoms with Gasteiger partial charge in [0.2, 0.25) is 0 Å². The van der Waals surface area contributed by atoms with Crippen LogP contribution in [-0.4, -0.2) is 63.9 Å². The molecule has 6 heteroatoms. The number of carbonyl (C=O) groups excluding carboxylic acids is 1. The molecule has 0 bridgehead atoms. The van der Waals surface area contributed by atoms with Crippen molar-refractivity contribution in [1.82, 2.24) is 16.0 Å². The summed E-state index contributed by atoms with van der Waals surface area (Å²) in [5.41, 5.74) is 5.95. The molecule has 5 N–H and O–H groups in total. The minimum absolute atomic E-state index is 0.0432. The lowest BCUT2D eigenvalue weighted by Crippen LogP contribution is -2.34. The number of nitrogens with two attached hydrogens (primary N) is 1. The van der Waals surface area contributed by atoms with E-state index in [1.54, 1.807) is 6.92 Å². The first kappa shape index (κ1) is 17.2. The van der Waals surface area contributed by atoms with E-state index >= 15 is 0 Å². The van der Waals surface area contributed by atoms with Gasteiger partial charge in [-0.3, -0.25) is 9.79 Å². The minimum Gasteiger partial charge on any atom is -0.329 e. The van der Waals surface area contributed by atoms with E-state index in [1.165, 1.54) is 6.92 Å². The second-order valence-electron chi connectivity index (χ2n) is 4.06. The van der Waals surface area contributed by atoms with Gasteiger partial charge in [0, 0.05) is 52.7 Å². The zero-order valence-corrected chi connectivity index (χ0v) is 11.6. The zero-order chi connectivity index (χ0) is 13.6. The van der Waals surface area contributed by atoms with Crippen molar-refractivity contribution in [2.24, 2.45) is 10.7 Å². The van der Waals surface area contributed by atoms with Gasteiger partial charge in [-0.2, -0.15) is 0 Å². The van der Waals surface area contributed by atoms with Gasteiger partial charge in [-0.1, -0.05) is 0 Å². The van der Waals surface area contributed by atoms with Crippen LogP contribution in [0.15, 0.2) is 4.99 Å². The van der Waals surface area contributed by atoms with Crippen LogP contribution in [0.4, 0.5) is 0 Å². The summed E-state index contributed by atoms with van der Waals surface area (Å²) >= 11 is 0. The number of Topliss-reactive ketones (excluding diaryl/α,β-unsaturated/α-hetero) is 1. The van der Waals surface area contributed by atoms with Gasteiger partial charge in [0.25, 0.3) is 0 Å². The van der Waals surface area contributed by atoms with Crippen molar-refractivity contribution in [3.05, 3.63) is 0 Å². The molecule has 0 spiro atoms. The number of hydrogen-bond donors (Lipinski definition) is 4. The topological polar surface area (TPSA) is 91.5 Å². The first-order valence-electron chi connectivity index (χ1n) is 6.52. The number of rotatable bonds is 12. The summed E-state index contributed by atoms with van der Waals surface area (Å²) in [6.45, 7) is 10.0. The Morgan fingerprint density at radius 2 is 1.44 bits per heavy atom. The first-order valence-corrected chi connectivity index (χ1v) is 6.52. The van der Waals surface area contributed by atoms with Crippen LogP contribution in [0.5, 0.6) is 0 Å². The molecule has 0 aliphatic heterocycles. The number of hydrogen-bond acceptors (Lipinski definition) is 6. The van der Waals surface area contributed by atoms with Crippen molar-refractivity contribution in [2.75, 3.05) is 52.4 Å². The van der Waals surface area contributed by atoms with E-state index in [9.17, 15) is 4.79 Å². The predicted molar refractivity (Wildman–Crippen MR) is 76.3 cm³/mol. The lowest BCUT2D eigenvalue weighted by Gasteiger charge is -2.06. The third kappa shape index (κ3) is 11.7. The summed E-state index contributed by atoms with van der Waals surface area (Å²) in [7, 11) is 0. The van der Waals surface area contributed by atoms with Gasteiger partial charge in [-0.15, -0.1) is 0 Å². The third-order valence-electron chi connectivity index (χ3n) is 2.43. The van der Waals surface area contributed by atoms with E-state index in [0.717, 1.165) is 39.3 Å². The molecule has 0 aromatic carbocycles. The van der Waals surface area contributed by atoms with Crippen LogP contribution in [0, 0.1) is 0 Å². The molecule has 0 aliphatic carbocycles. The van der Waals surface area contributed by atoms with Gasteiger partial charge < -0.3 is 21.7 Å². The highest BCUT2D eigenvalue weighted by molar-refractivity contribution is 6.37. The van der Waals surface area contributed by atoms with E-state index in [2.05, 4.69) is 20.9 Å². The summed E-state index contributed by atoms with van der Waals surface area (Å²) in [6.07, 6.45) is 0. The SMILES string of the molecule is CC(=O)C(C)=NCCNCCNCCNCCN. The Kier molecular flexibility index (Phi) is 12.1. The molecule has 18 heavy (non-hydrogen) atoms. The smallest absolute Gasteiger partial charge is 0.173 e. The fraction of sp³-hybridized carbons (Fsp3) is 0.833. The number of ketones is 1. The monoisotopic (exact) mass is 257 g/mol. The maximum atomic E-state index is 10.9. The van der Waals surface area contributed by atoms with Crippen LogP contribution >= 0.6 is 0 Å². The number of nitrogens with zero attached hydrogens (tertiary/aromatic N) is 1. The molecule has 0 rings (SSSR count). The molecular weight excluding hydrogens is 230 g/mol. The van der Waals surface area contributed by atoms with Crippen LogP contribution in [0.2, 0.25) is 0 Å². The molecule has 0 aromatic rings. The zero-order valence-electron chi connectivity index (χ0n) is 11.6. The average molecular weight is 257 g/mol. The Balaban J connectivity index is 3.17. The van der Waals surface area contributed by atoms with Gasteiger partial charge in [0.05, 0.1) is 12.3 Å². The van der Waals surface area contributed by atoms with Crippen LogP contribution in [-0.2, 0) is 4.79 Å². The molecule has 106 valence electrons. The normalized spacial score (nSPS) is 11.8. The highest BCUT2D eigenvalue weighted by atomic mass is 16.1. The molecular formula is C12H27N5O. The summed E-state index contributed by atoms with van der Waals surface area (Å²) in [4.78, 5) is 15.0. The minimum atomic E-state index is 0.0432. The maximum Gasteiger partial charge on any atom is 0.173 e. The fourth-order valence-corrected chi connectivity index (χ4v) is 1.24. The number of carbonyl (C=O) groups is 1. The lowest BCUT2D eigenvalue weighted by atomic mass is 10.3. The molecule has 0 unspecified atom stereocenters. The molecule has 0 fully saturated rings. The van der Waals surface area contributed by atoms with Crippen molar-refractivity contribution in [1.29, 1.82) is 0 Å². The summed E-state index contributed by atoms with van der Waals surface area (Å²) < 4.78 is 0. The van der Waals surface area contributed by atoms with Crippen LogP contribution in [0.25, 0.3) is 0 Å². The van der Waals surface area contributed by atoms with E-state index < -0.39 is 0 Å². The Hall–Kier alpha value is -0.820. The lowest BCUT2D eigenvalue weighted by molar-refractivity contribution is -0.111. The third-order valence-corrected chi connectivity index (χ3v) is 2.43. The van der Waals surface area contributed by atoms with Gasteiger partial charge in [0.1, 0.15) is 0 Å². The number of aliphatic imine (C=N–C) groups is 1. The Bertz CT molecular complexity index is 243. The fourth-order valence-electron chi connectivity index (χ4n) is 1.24. The van der Waals surface area contributed by atoms with Crippen molar-refractivity contribution in [3.63, 3.8) is 0 Å². The summed E-state index contributed by atoms with van der Waals surface area (Å²) in [5.74, 6) is 0.0432. The van der Waals surface area contributed by atoms with Crippen molar-refractivity contribution in [3.8, 4) is 0 Å². The molecule has 0 amide bonds. The largest absolute Gasteiger partial charge is 0.329 e. The predicted octanol–water partition coefficient (Wildman–Crippen LogP) is -1.24. The molecule has 0 saturated heterocycles. The number of nitrogens with one attached hydrogen (secondary N) is 3. The Morgan fingerprint density at radius 1 is 0.944 bits per heavy atom. The maximum absolute atomic E-state index is 10.9. The Morgan fingerprint density at radius 3 is 1.94 bits per heavy atom. The van der Waals surface area contributed by atoms with Gasteiger partial charge in [-0.25, -0.2) is 0 Å². The molecule has 0 saturated carbocycles. The summed E-state index contributed by atoms with van der Waals surface area (Å²) in [5, 5.41) is 9.78. The van der Waals surface area contributed by atoms with Crippen LogP contribution in [0.3, 0.4) is 0 Å². The van der Waals surface area contributed by atoms with Crippen molar-refractivity contribution in [2.45, 2.75) is 13.8 Å². The standard InChI is InChI=1S/C12H27N5O/c1-11(12(2)18)17-10-9-16-8-7-15-6-5-14-4-3-13/h14-16H,3-10,13H2,1-2H3. The average Bonchev–Trinajstić information content (AvgIpc) is 2.35. The van der Waals surface area contributed by atoms with Gasteiger partial charge >= 0.3 is 0 Å². The molecule has 0 atom stereocenters. The van der Waals surface area contributed by atoms with Crippen LogP contribution < -0.4 is 21.7 Å². The summed E-state index contributed by atoms with van der Waals surface area (Å²) in [6, 6.07) is 0. The van der Waals surface area contributed by atoms with E-state index in [-0.39, 0.29) is 5.78 Å². The van der Waals surface area contributed by atoms with Crippen molar-refractivity contribution < 1.29 is 4.79 Å². The van der Waals surface area contributed by atoms with Gasteiger partial charge in [0.15, 0.2) is 5.78 Å². The van der Waals surface area contributed by atoms with E-state index in [4.69, 9.17) is 5.73 Å². The Labute approximate surface area is 110 Å². The highest BCUT2D eigenvalue weighted by Gasteiger charge is 1.95. The van der Waals surface area contributed by atoms with E-state index in [0.29, 0.717) is 18.8 Å². The molecule has 0 heterocycles. The quantitative estimate of drug-likeness (QED) is 0.259. The molecule has 0 radical (unpaired) electrons. The molecule has 0 aliphatic rings. The second-order valence-corrected chi connectivity index (χ2v) is 4.06. The van der Waals surface area contributed by atoms with E-state index in [1.807, 2.05) is 0 Å². The highest BCUT2D eigenvalue weighted by Crippen LogP contribution is 1.79.